The Balaban J connectivity index is 1.56. The van der Waals surface area contributed by atoms with E-state index in [4.69, 9.17) is 14.2 Å². The first-order valence-corrected chi connectivity index (χ1v) is 10.6. The molecule has 4 rings (SSSR count). The maximum absolute atomic E-state index is 11.2. The summed E-state index contributed by atoms with van der Waals surface area (Å²) in [4.78, 5) is 15.7. The summed E-state index contributed by atoms with van der Waals surface area (Å²) in [5, 5.41) is 2.13. The van der Waals surface area contributed by atoms with Crippen LogP contribution in [0.2, 0.25) is 0 Å². The average Bonchev–Trinajstić information content (AvgIpc) is 3.29. The number of pyridine rings is 1. The SMILES string of the molecule is CCOCC(C=O)Oc1ccc2cc(-c3cccnc3OC3CCCC3)ccc2c1. The van der Waals surface area contributed by atoms with E-state index in [1.165, 1.54) is 12.8 Å². The zero-order valence-corrected chi connectivity index (χ0v) is 17.3. The van der Waals surface area contributed by atoms with E-state index in [9.17, 15) is 4.79 Å². The van der Waals surface area contributed by atoms with E-state index >= 15 is 0 Å². The first-order valence-electron chi connectivity index (χ1n) is 10.6. The predicted molar refractivity (Wildman–Crippen MR) is 117 cm³/mol. The molecule has 5 heteroatoms. The highest BCUT2D eigenvalue weighted by atomic mass is 16.5. The highest BCUT2D eigenvalue weighted by molar-refractivity contribution is 5.89. The number of carbonyl (C=O) groups is 1. The molecule has 1 aromatic heterocycles. The zero-order chi connectivity index (χ0) is 20.8. The van der Waals surface area contributed by atoms with E-state index < -0.39 is 6.10 Å². The van der Waals surface area contributed by atoms with E-state index in [1.807, 2.05) is 31.2 Å². The Hall–Kier alpha value is -2.92. The summed E-state index contributed by atoms with van der Waals surface area (Å²) in [5.74, 6) is 1.35. The molecule has 2 aromatic carbocycles. The molecule has 5 nitrogen and oxygen atoms in total. The number of aldehydes is 1. The second kappa shape index (κ2) is 9.72. The van der Waals surface area contributed by atoms with Crippen LogP contribution in [0.15, 0.2) is 54.7 Å². The highest BCUT2D eigenvalue weighted by Crippen LogP contribution is 2.33. The molecule has 1 aliphatic carbocycles. The first kappa shape index (κ1) is 20.4. The van der Waals surface area contributed by atoms with Gasteiger partial charge in [0.05, 0.1) is 6.61 Å². The third kappa shape index (κ3) is 4.79. The summed E-state index contributed by atoms with van der Waals surface area (Å²) in [6.45, 7) is 2.69. The molecule has 1 unspecified atom stereocenters. The fraction of sp³-hybridized carbons (Fsp3) is 0.360. The summed E-state index contributed by atoms with van der Waals surface area (Å²) in [7, 11) is 0. The lowest BCUT2D eigenvalue weighted by molar-refractivity contribution is -0.116. The normalized spacial score (nSPS) is 15.2. The van der Waals surface area contributed by atoms with Crippen molar-refractivity contribution in [2.45, 2.75) is 44.8 Å². The van der Waals surface area contributed by atoms with Crippen molar-refractivity contribution >= 4 is 17.1 Å². The van der Waals surface area contributed by atoms with Crippen molar-refractivity contribution < 1.29 is 19.0 Å². The van der Waals surface area contributed by atoms with Gasteiger partial charge in [0.2, 0.25) is 5.88 Å². The first-order chi connectivity index (χ1) is 14.8. The van der Waals surface area contributed by atoms with Gasteiger partial charge in [-0.3, -0.25) is 4.79 Å². The second-order valence-corrected chi connectivity index (χ2v) is 7.56. The van der Waals surface area contributed by atoms with Gasteiger partial charge in [0.25, 0.3) is 0 Å². The van der Waals surface area contributed by atoms with Crippen LogP contribution in [0, 0.1) is 0 Å². The summed E-state index contributed by atoms with van der Waals surface area (Å²) < 4.78 is 17.3. The molecule has 0 N–H and O–H groups in total. The van der Waals surface area contributed by atoms with Gasteiger partial charge < -0.3 is 14.2 Å². The van der Waals surface area contributed by atoms with Gasteiger partial charge in [-0.05, 0) is 79.3 Å². The molecular formula is C25H27NO4. The van der Waals surface area contributed by atoms with Crippen molar-refractivity contribution in [1.82, 2.24) is 4.98 Å². The number of hydrogen-bond donors (Lipinski definition) is 0. The van der Waals surface area contributed by atoms with Crippen LogP contribution in [-0.4, -0.2) is 36.7 Å². The number of rotatable bonds is 9. The van der Waals surface area contributed by atoms with Crippen molar-refractivity contribution in [3.8, 4) is 22.8 Å². The molecule has 0 bridgehead atoms. The van der Waals surface area contributed by atoms with Gasteiger partial charge >= 0.3 is 0 Å². The highest BCUT2D eigenvalue weighted by Gasteiger charge is 2.19. The molecule has 0 amide bonds. The Bertz CT molecular complexity index is 997. The minimum atomic E-state index is -0.604. The van der Waals surface area contributed by atoms with Crippen LogP contribution in [-0.2, 0) is 9.53 Å². The minimum Gasteiger partial charge on any atom is -0.481 e. The number of aromatic nitrogens is 1. The van der Waals surface area contributed by atoms with E-state index in [0.29, 0.717) is 18.2 Å². The molecule has 156 valence electrons. The fourth-order valence-corrected chi connectivity index (χ4v) is 3.84. The Morgan fingerprint density at radius 1 is 1.10 bits per heavy atom. The quantitative estimate of drug-likeness (QED) is 0.458. The van der Waals surface area contributed by atoms with Crippen LogP contribution in [0.25, 0.3) is 21.9 Å². The summed E-state index contributed by atoms with van der Waals surface area (Å²) >= 11 is 0. The Kier molecular flexibility index (Phi) is 6.60. The zero-order valence-electron chi connectivity index (χ0n) is 17.3. The predicted octanol–water partition coefficient (Wildman–Crippen LogP) is 5.21. The Morgan fingerprint density at radius 3 is 2.70 bits per heavy atom. The molecule has 1 heterocycles. The summed E-state index contributed by atoms with van der Waals surface area (Å²) in [5.41, 5.74) is 2.07. The van der Waals surface area contributed by atoms with Crippen molar-refractivity contribution in [3.63, 3.8) is 0 Å². The number of carbonyl (C=O) groups excluding carboxylic acids is 1. The molecule has 1 saturated carbocycles. The maximum atomic E-state index is 11.2. The topological polar surface area (TPSA) is 57.7 Å². The molecule has 0 spiro atoms. The number of benzene rings is 2. The number of nitrogens with zero attached hydrogens (tertiary/aromatic N) is 1. The number of fused-ring (bicyclic) bond motifs is 1. The number of hydrogen-bond acceptors (Lipinski definition) is 5. The van der Waals surface area contributed by atoms with Gasteiger partial charge in [-0.1, -0.05) is 18.2 Å². The summed E-state index contributed by atoms with van der Waals surface area (Å²) in [6, 6.07) is 16.1. The lowest BCUT2D eigenvalue weighted by Crippen LogP contribution is -2.24. The Labute approximate surface area is 177 Å². The van der Waals surface area contributed by atoms with Crippen molar-refractivity contribution in [2.24, 2.45) is 0 Å². The molecule has 1 fully saturated rings. The summed E-state index contributed by atoms with van der Waals surface area (Å²) in [6.07, 6.45) is 6.87. The largest absolute Gasteiger partial charge is 0.481 e. The van der Waals surface area contributed by atoms with Gasteiger partial charge in [0.15, 0.2) is 12.4 Å². The average molecular weight is 405 g/mol. The Morgan fingerprint density at radius 2 is 1.90 bits per heavy atom. The van der Waals surface area contributed by atoms with Crippen LogP contribution < -0.4 is 9.47 Å². The molecular weight excluding hydrogens is 378 g/mol. The van der Waals surface area contributed by atoms with E-state index in [-0.39, 0.29) is 12.7 Å². The van der Waals surface area contributed by atoms with Crippen molar-refractivity contribution in [2.75, 3.05) is 13.2 Å². The third-order valence-electron chi connectivity index (χ3n) is 5.40. The minimum absolute atomic E-state index is 0.252. The van der Waals surface area contributed by atoms with E-state index in [0.717, 1.165) is 41.0 Å². The number of ether oxygens (including phenoxy) is 3. The van der Waals surface area contributed by atoms with Crippen LogP contribution >= 0.6 is 0 Å². The monoisotopic (exact) mass is 405 g/mol. The molecule has 0 aliphatic heterocycles. The van der Waals surface area contributed by atoms with Crippen LogP contribution in [0.1, 0.15) is 32.6 Å². The molecule has 30 heavy (non-hydrogen) atoms. The third-order valence-corrected chi connectivity index (χ3v) is 5.40. The lowest BCUT2D eigenvalue weighted by atomic mass is 10.0. The van der Waals surface area contributed by atoms with Crippen molar-refractivity contribution in [3.05, 3.63) is 54.7 Å². The van der Waals surface area contributed by atoms with Gasteiger partial charge in [-0.25, -0.2) is 4.98 Å². The van der Waals surface area contributed by atoms with Gasteiger partial charge in [0.1, 0.15) is 11.9 Å². The van der Waals surface area contributed by atoms with E-state index in [1.54, 1.807) is 6.20 Å². The lowest BCUT2D eigenvalue weighted by Gasteiger charge is -2.16. The standard InChI is InChI=1S/C25H27NO4/c1-2-28-17-23(16-27)29-22-12-11-18-14-20(10-9-19(18)15-22)24-8-5-13-26-25(24)30-21-6-3-4-7-21/h5,8-16,21,23H,2-4,6-7,17H2,1H3. The van der Waals surface area contributed by atoms with Crippen LogP contribution in [0.3, 0.4) is 0 Å². The molecule has 1 atom stereocenters. The van der Waals surface area contributed by atoms with Gasteiger partial charge in [0, 0.05) is 18.4 Å². The molecule has 0 saturated heterocycles. The van der Waals surface area contributed by atoms with Crippen LogP contribution in [0.5, 0.6) is 11.6 Å². The fourth-order valence-electron chi connectivity index (χ4n) is 3.84. The molecule has 3 aromatic rings. The van der Waals surface area contributed by atoms with Gasteiger partial charge in [-0.15, -0.1) is 0 Å². The van der Waals surface area contributed by atoms with E-state index in [2.05, 4.69) is 29.2 Å². The van der Waals surface area contributed by atoms with Crippen molar-refractivity contribution in [1.29, 1.82) is 0 Å². The van der Waals surface area contributed by atoms with Gasteiger partial charge in [-0.2, -0.15) is 0 Å². The van der Waals surface area contributed by atoms with Crippen LogP contribution in [0.4, 0.5) is 0 Å². The molecule has 0 radical (unpaired) electrons. The smallest absolute Gasteiger partial charge is 0.221 e. The molecule has 1 aliphatic rings. The second-order valence-electron chi connectivity index (χ2n) is 7.56. The maximum Gasteiger partial charge on any atom is 0.221 e.